The highest BCUT2D eigenvalue weighted by atomic mass is 15.2. The average molecular weight is 760 g/mol. The van der Waals surface area contributed by atoms with E-state index in [1.807, 2.05) is 0 Å². The van der Waals surface area contributed by atoms with Gasteiger partial charge in [0.1, 0.15) is 0 Å². The molecule has 5 heteroatoms. The number of para-hydroxylation sites is 1. The molecule has 2 saturated carbocycles. The van der Waals surface area contributed by atoms with E-state index in [-0.39, 0.29) is 0 Å². The summed E-state index contributed by atoms with van der Waals surface area (Å²) in [4.78, 5) is 12.6. The van der Waals surface area contributed by atoms with E-state index in [1.165, 1.54) is 153 Å². The molecule has 0 radical (unpaired) electrons. The van der Waals surface area contributed by atoms with Gasteiger partial charge in [0.05, 0.1) is 0 Å². The lowest BCUT2D eigenvalue weighted by Gasteiger charge is -2.51. The SMILES string of the molecule is CC1CC2(CCN(C)CC2)C1.CC1CC2CCC(C1)N2C.C[C@@H]1CCC2CCC1N2C.C[C@@H]1Cc2ccccc2N(C)C1.C[C@H]1CCN(C)C2CCCCC21. The summed E-state index contributed by atoms with van der Waals surface area (Å²) < 4.78 is 0. The first-order valence-electron chi connectivity index (χ1n) is 23.9. The van der Waals surface area contributed by atoms with Crippen LogP contribution in [0.1, 0.15) is 149 Å². The van der Waals surface area contributed by atoms with Crippen molar-refractivity contribution in [3.8, 4) is 0 Å². The molecule has 6 unspecified atom stereocenters. The number of fused-ring (bicyclic) bond motifs is 6. The summed E-state index contributed by atoms with van der Waals surface area (Å²) in [5, 5.41) is 0. The molecule has 2 aliphatic carbocycles. The number of benzene rings is 1. The summed E-state index contributed by atoms with van der Waals surface area (Å²) in [6.07, 6.45) is 26.2. The minimum atomic E-state index is 0.796. The molecule has 1 aromatic carbocycles. The Hall–Kier alpha value is -1.14. The molecule has 1 spiro atoms. The molecule has 7 heterocycles. The first kappa shape index (κ1) is 43.4. The number of rotatable bonds is 0. The lowest BCUT2D eigenvalue weighted by Crippen LogP contribution is -2.47. The van der Waals surface area contributed by atoms with Crippen LogP contribution in [-0.4, -0.2) is 111 Å². The lowest BCUT2D eigenvalue weighted by atomic mass is 9.58. The highest BCUT2D eigenvalue weighted by molar-refractivity contribution is 5.54. The van der Waals surface area contributed by atoms with E-state index >= 15 is 0 Å². The summed E-state index contributed by atoms with van der Waals surface area (Å²) in [6, 6.07) is 13.4. The van der Waals surface area contributed by atoms with E-state index in [0.717, 1.165) is 71.1 Å². The number of anilines is 1. The molecular weight excluding hydrogens is 671 g/mol. The van der Waals surface area contributed by atoms with E-state index in [2.05, 4.69) is 119 Å². The number of hydrogen-bond donors (Lipinski definition) is 0. The third kappa shape index (κ3) is 11.1. The van der Waals surface area contributed by atoms with Crippen molar-refractivity contribution in [1.82, 2.24) is 19.6 Å². The summed E-state index contributed by atoms with van der Waals surface area (Å²) in [5.41, 5.74) is 3.72. The average Bonchev–Trinajstić information content (AvgIpc) is 3.52. The smallest absolute Gasteiger partial charge is 0.0396 e. The van der Waals surface area contributed by atoms with E-state index in [0.29, 0.717) is 0 Å². The predicted molar refractivity (Wildman–Crippen MR) is 238 cm³/mol. The number of hydrogen-bond acceptors (Lipinski definition) is 5. The van der Waals surface area contributed by atoms with Crippen LogP contribution >= 0.6 is 0 Å². The Kier molecular flexibility index (Phi) is 15.6. The predicted octanol–water partition coefficient (Wildman–Crippen LogP) is 10.7. The van der Waals surface area contributed by atoms with Gasteiger partial charge in [-0.25, -0.2) is 0 Å². The van der Waals surface area contributed by atoms with Crippen molar-refractivity contribution < 1.29 is 0 Å². The summed E-state index contributed by atoms with van der Waals surface area (Å²) >= 11 is 0. The first-order valence-corrected chi connectivity index (χ1v) is 23.9. The number of piperidine rings is 4. The van der Waals surface area contributed by atoms with Crippen LogP contribution in [0.4, 0.5) is 5.69 Å². The van der Waals surface area contributed by atoms with Crippen molar-refractivity contribution in [1.29, 1.82) is 0 Å². The van der Waals surface area contributed by atoms with Gasteiger partial charge in [-0.15, -0.1) is 0 Å². The van der Waals surface area contributed by atoms with Gasteiger partial charge in [-0.2, -0.15) is 0 Å². The largest absolute Gasteiger partial charge is 0.374 e. The normalized spacial score (nSPS) is 38.3. The molecule has 9 atom stereocenters. The highest BCUT2D eigenvalue weighted by Crippen LogP contribution is 2.52. The monoisotopic (exact) mass is 760 g/mol. The van der Waals surface area contributed by atoms with Crippen LogP contribution in [0, 0.1) is 40.9 Å². The Labute approximate surface area is 341 Å². The Balaban J connectivity index is 0.000000117. The fraction of sp³-hybridized carbons (Fsp3) is 0.880. The second-order valence-electron chi connectivity index (χ2n) is 21.5. The van der Waals surface area contributed by atoms with Crippen LogP contribution < -0.4 is 4.90 Å². The molecule has 4 bridgehead atoms. The van der Waals surface area contributed by atoms with Crippen LogP contribution in [0.15, 0.2) is 24.3 Å². The van der Waals surface area contributed by atoms with Crippen molar-refractivity contribution in [2.75, 3.05) is 66.3 Å². The molecule has 0 amide bonds. The topological polar surface area (TPSA) is 16.2 Å². The molecule has 0 aromatic heterocycles. The van der Waals surface area contributed by atoms with Gasteiger partial charge >= 0.3 is 0 Å². The molecule has 314 valence electrons. The molecule has 8 fully saturated rings. The van der Waals surface area contributed by atoms with Crippen LogP contribution in [0.2, 0.25) is 0 Å². The van der Waals surface area contributed by atoms with Gasteiger partial charge in [0, 0.05) is 49.5 Å². The van der Waals surface area contributed by atoms with E-state index < -0.39 is 0 Å². The Bertz CT molecular complexity index is 1250. The summed E-state index contributed by atoms with van der Waals surface area (Å²) in [5.74, 6) is 5.80. The zero-order valence-electron chi connectivity index (χ0n) is 38.0. The van der Waals surface area contributed by atoms with Crippen LogP contribution in [-0.2, 0) is 6.42 Å². The molecule has 6 saturated heterocycles. The molecule has 0 N–H and O–H groups in total. The molecule has 5 nitrogen and oxygen atoms in total. The van der Waals surface area contributed by atoms with Crippen LogP contribution in [0.5, 0.6) is 0 Å². The maximum Gasteiger partial charge on any atom is 0.0396 e. The van der Waals surface area contributed by atoms with Crippen molar-refractivity contribution in [3.05, 3.63) is 29.8 Å². The Morgan fingerprint density at radius 1 is 0.564 bits per heavy atom. The lowest BCUT2D eigenvalue weighted by molar-refractivity contribution is 0.000967. The maximum atomic E-state index is 2.61. The second-order valence-corrected chi connectivity index (χ2v) is 21.5. The highest BCUT2D eigenvalue weighted by Gasteiger charge is 2.43. The zero-order valence-corrected chi connectivity index (χ0v) is 38.0. The standard InChI is InChI=1S/C11H15N.C11H21N.C10H19N.2C9H17N/c1-9-7-10-5-3-4-6-11(10)12(2)8-9;1-9-7-8-12(2)11-6-4-3-5-10(9)11;1-9-7-10(8-9)3-5-11(2)6-4-10;1-7-5-8-3-4-9(6-7)10(8)2;1-7-3-4-8-5-6-9(7)10(8)2/h3-6,9H,7-8H2,1-2H3;9-11H,3-8H2,1-2H3;9H,3-8H2,1-2H3;2*7-9H,3-6H2,1-2H3/t9-;9-,10?,11?;;;7-,8?,9?/m10..1/s1. The van der Waals surface area contributed by atoms with E-state index in [4.69, 9.17) is 0 Å². The summed E-state index contributed by atoms with van der Waals surface area (Å²) in [7, 11) is 11.3. The quantitative estimate of drug-likeness (QED) is 0.261. The third-order valence-electron chi connectivity index (χ3n) is 17.0. The molecule has 9 aliphatic rings. The van der Waals surface area contributed by atoms with Crippen molar-refractivity contribution in [2.45, 2.75) is 180 Å². The van der Waals surface area contributed by atoms with Gasteiger partial charge in [-0.05, 0) is 203 Å². The summed E-state index contributed by atoms with van der Waals surface area (Å²) in [6.45, 7) is 17.2. The van der Waals surface area contributed by atoms with E-state index in [1.54, 1.807) is 0 Å². The van der Waals surface area contributed by atoms with Gasteiger partial charge in [-0.1, -0.05) is 65.7 Å². The third-order valence-corrected chi connectivity index (χ3v) is 17.0. The fourth-order valence-corrected chi connectivity index (χ4v) is 13.5. The van der Waals surface area contributed by atoms with Gasteiger partial charge in [0.25, 0.3) is 0 Å². The van der Waals surface area contributed by atoms with Crippen molar-refractivity contribution >= 4 is 5.69 Å². The number of likely N-dealkylation sites (tertiary alicyclic amines) is 2. The zero-order chi connectivity index (χ0) is 39.3. The molecule has 10 rings (SSSR count). The molecule has 1 aromatic rings. The van der Waals surface area contributed by atoms with Gasteiger partial charge in [0.2, 0.25) is 0 Å². The maximum absolute atomic E-state index is 2.61. The van der Waals surface area contributed by atoms with Crippen LogP contribution in [0.25, 0.3) is 0 Å². The van der Waals surface area contributed by atoms with Crippen molar-refractivity contribution in [2.24, 2.45) is 40.9 Å². The van der Waals surface area contributed by atoms with Gasteiger partial charge in [-0.3, -0.25) is 0 Å². The van der Waals surface area contributed by atoms with Crippen LogP contribution in [0.3, 0.4) is 0 Å². The Morgan fingerprint density at radius 2 is 1.20 bits per heavy atom. The van der Waals surface area contributed by atoms with Crippen molar-refractivity contribution in [3.63, 3.8) is 0 Å². The van der Waals surface area contributed by atoms with Gasteiger partial charge in [0.15, 0.2) is 0 Å². The molecule has 55 heavy (non-hydrogen) atoms. The second kappa shape index (κ2) is 19.7. The fourth-order valence-electron chi connectivity index (χ4n) is 13.5. The Morgan fingerprint density at radius 3 is 1.85 bits per heavy atom. The van der Waals surface area contributed by atoms with E-state index in [9.17, 15) is 0 Å². The minimum Gasteiger partial charge on any atom is -0.374 e. The number of nitrogens with zero attached hydrogens (tertiary/aromatic N) is 5. The molecule has 7 aliphatic heterocycles. The molecular formula is C50H89N5. The van der Waals surface area contributed by atoms with Gasteiger partial charge < -0.3 is 24.5 Å². The first-order chi connectivity index (χ1) is 26.3. The minimum absolute atomic E-state index is 0.796.